The first-order valence-electron chi connectivity index (χ1n) is 3.94. The highest BCUT2D eigenvalue weighted by atomic mass is 127. The van der Waals surface area contributed by atoms with Gasteiger partial charge in [-0.15, -0.1) is 21.8 Å². The number of benzene rings is 1. The number of hydrogen-bond acceptors (Lipinski definition) is 3. The molecule has 0 saturated heterocycles. The van der Waals surface area contributed by atoms with Crippen LogP contribution in [0.3, 0.4) is 0 Å². The molecule has 72 valence electrons. The predicted octanol–water partition coefficient (Wildman–Crippen LogP) is 3.08. The molecule has 1 heterocycles. The normalized spacial score (nSPS) is 10.4. The van der Waals surface area contributed by atoms with E-state index >= 15 is 0 Å². The van der Waals surface area contributed by atoms with Crippen molar-refractivity contribution in [3.63, 3.8) is 0 Å². The fraction of sp³-hybridized carbons (Fsp3) is 0.111. The van der Waals surface area contributed by atoms with E-state index in [0.717, 1.165) is 9.13 Å². The zero-order valence-electron chi connectivity index (χ0n) is 7.08. The van der Waals surface area contributed by atoms with Gasteiger partial charge >= 0.3 is 0 Å². The van der Waals surface area contributed by atoms with Gasteiger partial charge in [-0.05, 0) is 34.7 Å². The van der Waals surface area contributed by atoms with Crippen LogP contribution in [0.2, 0.25) is 0 Å². The maximum Gasteiger partial charge on any atom is 0.248 e. The molecule has 0 spiro atoms. The van der Waals surface area contributed by atoms with E-state index in [1.54, 1.807) is 0 Å². The average molecular weight is 321 g/mol. The van der Waals surface area contributed by atoms with Gasteiger partial charge in [-0.3, -0.25) is 0 Å². The SMILES string of the molecule is ClCc1nnc(-c2ccccc2I)o1. The first kappa shape index (κ1) is 9.92. The maximum atomic E-state index is 5.57. The van der Waals surface area contributed by atoms with Crippen LogP contribution in [0.15, 0.2) is 28.7 Å². The van der Waals surface area contributed by atoms with Crippen LogP contribution in [0.25, 0.3) is 11.5 Å². The summed E-state index contributed by atoms with van der Waals surface area (Å²) in [6, 6.07) is 7.82. The van der Waals surface area contributed by atoms with E-state index in [1.807, 2.05) is 24.3 Å². The molecule has 0 aliphatic carbocycles. The van der Waals surface area contributed by atoms with Crippen molar-refractivity contribution in [2.45, 2.75) is 5.88 Å². The molecule has 0 amide bonds. The van der Waals surface area contributed by atoms with Crippen LogP contribution in [0.1, 0.15) is 5.89 Å². The Morgan fingerprint density at radius 3 is 2.71 bits per heavy atom. The van der Waals surface area contributed by atoms with Crippen LogP contribution in [0.4, 0.5) is 0 Å². The second-order valence-electron chi connectivity index (χ2n) is 2.61. The molecule has 0 fully saturated rings. The topological polar surface area (TPSA) is 38.9 Å². The lowest BCUT2D eigenvalue weighted by atomic mass is 10.2. The summed E-state index contributed by atoms with van der Waals surface area (Å²) in [7, 11) is 0. The standard InChI is InChI=1S/C9H6ClIN2O/c10-5-8-12-13-9(14-8)6-3-1-2-4-7(6)11/h1-4H,5H2. The lowest BCUT2D eigenvalue weighted by Gasteiger charge is -1.96. The molecule has 5 heteroatoms. The van der Waals surface area contributed by atoms with Gasteiger partial charge < -0.3 is 4.42 Å². The van der Waals surface area contributed by atoms with Crippen LogP contribution in [-0.4, -0.2) is 10.2 Å². The minimum Gasteiger partial charge on any atom is -0.419 e. The Morgan fingerprint density at radius 1 is 1.29 bits per heavy atom. The minimum atomic E-state index is 0.246. The number of rotatable bonds is 2. The highest BCUT2D eigenvalue weighted by Crippen LogP contribution is 2.23. The lowest BCUT2D eigenvalue weighted by Crippen LogP contribution is -1.81. The molecule has 2 rings (SSSR count). The second-order valence-corrected chi connectivity index (χ2v) is 4.04. The molecule has 2 aromatic rings. The van der Waals surface area contributed by atoms with Gasteiger partial charge in [-0.1, -0.05) is 12.1 Å². The van der Waals surface area contributed by atoms with Gasteiger partial charge in [-0.25, -0.2) is 0 Å². The third-order valence-electron chi connectivity index (χ3n) is 1.69. The number of hydrogen-bond donors (Lipinski definition) is 0. The van der Waals surface area contributed by atoms with E-state index in [2.05, 4.69) is 32.8 Å². The van der Waals surface area contributed by atoms with E-state index in [-0.39, 0.29) is 5.88 Å². The Kier molecular flexibility index (Phi) is 3.02. The smallest absolute Gasteiger partial charge is 0.248 e. The Balaban J connectivity index is 2.44. The quantitative estimate of drug-likeness (QED) is 0.630. The second kappa shape index (κ2) is 4.27. The van der Waals surface area contributed by atoms with E-state index < -0.39 is 0 Å². The maximum absolute atomic E-state index is 5.57. The third-order valence-corrected chi connectivity index (χ3v) is 2.85. The van der Waals surface area contributed by atoms with Crippen molar-refractivity contribution >= 4 is 34.2 Å². The molecule has 0 bridgehead atoms. The largest absolute Gasteiger partial charge is 0.419 e. The predicted molar refractivity (Wildman–Crippen MR) is 62.0 cm³/mol. The summed E-state index contributed by atoms with van der Waals surface area (Å²) in [5.41, 5.74) is 0.942. The highest BCUT2D eigenvalue weighted by molar-refractivity contribution is 14.1. The molecule has 1 aromatic heterocycles. The number of halogens is 2. The summed E-state index contributed by atoms with van der Waals surface area (Å²) in [5.74, 6) is 1.21. The molecule has 3 nitrogen and oxygen atoms in total. The first-order chi connectivity index (χ1) is 6.81. The molecule has 1 aromatic carbocycles. The van der Waals surface area contributed by atoms with Gasteiger partial charge in [0.1, 0.15) is 5.88 Å². The molecule has 0 radical (unpaired) electrons. The summed E-state index contributed by atoms with van der Waals surface area (Å²) in [6.45, 7) is 0. The van der Waals surface area contributed by atoms with Crippen LogP contribution >= 0.6 is 34.2 Å². The Labute approximate surface area is 99.6 Å². The van der Waals surface area contributed by atoms with Crippen molar-refractivity contribution in [3.8, 4) is 11.5 Å². The molecule has 0 unspecified atom stereocenters. The summed E-state index contributed by atoms with van der Waals surface area (Å²) >= 11 is 7.79. The van der Waals surface area contributed by atoms with E-state index in [1.165, 1.54) is 0 Å². The van der Waals surface area contributed by atoms with Crippen molar-refractivity contribution in [1.82, 2.24) is 10.2 Å². The number of alkyl halides is 1. The van der Waals surface area contributed by atoms with Crippen molar-refractivity contribution in [3.05, 3.63) is 33.7 Å². The Hall–Kier alpha value is -0.620. The van der Waals surface area contributed by atoms with E-state index in [0.29, 0.717) is 11.8 Å². The van der Waals surface area contributed by atoms with Crippen LogP contribution in [0.5, 0.6) is 0 Å². The number of aromatic nitrogens is 2. The van der Waals surface area contributed by atoms with Gasteiger partial charge in [0, 0.05) is 3.57 Å². The first-order valence-corrected chi connectivity index (χ1v) is 5.56. The van der Waals surface area contributed by atoms with E-state index in [9.17, 15) is 0 Å². The summed E-state index contributed by atoms with van der Waals surface area (Å²) in [4.78, 5) is 0. The molecule has 14 heavy (non-hydrogen) atoms. The molecular weight excluding hydrogens is 314 g/mol. The monoisotopic (exact) mass is 320 g/mol. The fourth-order valence-corrected chi connectivity index (χ4v) is 1.78. The molecule has 0 aliphatic heterocycles. The van der Waals surface area contributed by atoms with Crippen molar-refractivity contribution < 1.29 is 4.42 Å². The Bertz CT molecular complexity index is 444. The van der Waals surface area contributed by atoms with Crippen LogP contribution in [-0.2, 0) is 5.88 Å². The van der Waals surface area contributed by atoms with Gasteiger partial charge in [0.05, 0.1) is 5.56 Å². The molecule has 0 aliphatic rings. The van der Waals surface area contributed by atoms with Crippen LogP contribution in [0, 0.1) is 3.57 Å². The van der Waals surface area contributed by atoms with Crippen molar-refractivity contribution in [2.75, 3.05) is 0 Å². The van der Waals surface area contributed by atoms with Crippen molar-refractivity contribution in [2.24, 2.45) is 0 Å². The van der Waals surface area contributed by atoms with Crippen LogP contribution < -0.4 is 0 Å². The molecule has 0 atom stereocenters. The number of nitrogens with zero attached hydrogens (tertiary/aromatic N) is 2. The molecule has 0 N–H and O–H groups in total. The zero-order chi connectivity index (χ0) is 9.97. The van der Waals surface area contributed by atoms with Gasteiger partial charge in [0.25, 0.3) is 0 Å². The van der Waals surface area contributed by atoms with Crippen molar-refractivity contribution in [1.29, 1.82) is 0 Å². The van der Waals surface area contributed by atoms with E-state index in [4.69, 9.17) is 16.0 Å². The summed E-state index contributed by atoms with van der Waals surface area (Å²) in [5, 5.41) is 7.71. The highest BCUT2D eigenvalue weighted by Gasteiger charge is 2.09. The molecular formula is C9H6ClIN2O. The summed E-state index contributed by atoms with van der Waals surface area (Å²) < 4.78 is 6.42. The molecule has 0 saturated carbocycles. The third kappa shape index (κ3) is 1.90. The lowest BCUT2D eigenvalue weighted by molar-refractivity contribution is 0.527. The Morgan fingerprint density at radius 2 is 2.07 bits per heavy atom. The van der Waals surface area contributed by atoms with Gasteiger partial charge in [0.15, 0.2) is 0 Å². The average Bonchev–Trinajstić information content (AvgIpc) is 2.67. The summed E-state index contributed by atoms with van der Waals surface area (Å²) in [6.07, 6.45) is 0. The minimum absolute atomic E-state index is 0.246. The van der Waals surface area contributed by atoms with Gasteiger partial charge in [0.2, 0.25) is 11.8 Å². The zero-order valence-corrected chi connectivity index (χ0v) is 9.99. The van der Waals surface area contributed by atoms with Gasteiger partial charge in [-0.2, -0.15) is 0 Å². The fourth-order valence-electron chi connectivity index (χ4n) is 1.05.